The Kier molecular flexibility index (Phi) is 5.81. The average molecular weight is 444 g/mol. The molecule has 0 aromatic heterocycles. The summed E-state index contributed by atoms with van der Waals surface area (Å²) in [4.78, 5) is 0.113. The van der Waals surface area contributed by atoms with Crippen molar-refractivity contribution in [3.8, 4) is 0 Å². The Labute approximate surface area is 140 Å². The van der Waals surface area contributed by atoms with Gasteiger partial charge in [-0.25, -0.2) is 13.1 Å². The molecule has 0 radical (unpaired) electrons. The fourth-order valence-corrected chi connectivity index (χ4v) is 6.60. The molecule has 20 heavy (non-hydrogen) atoms. The van der Waals surface area contributed by atoms with Crippen LogP contribution in [0.1, 0.15) is 19.3 Å². The van der Waals surface area contributed by atoms with E-state index in [1.807, 2.05) is 11.8 Å². The van der Waals surface area contributed by atoms with Crippen molar-refractivity contribution in [3.05, 3.63) is 21.1 Å². The first-order valence-electron chi connectivity index (χ1n) is 6.26. The van der Waals surface area contributed by atoms with Crippen LogP contribution in [0.5, 0.6) is 0 Å². The van der Waals surface area contributed by atoms with Crippen molar-refractivity contribution in [2.75, 3.05) is 18.0 Å². The molecule has 0 spiro atoms. The zero-order valence-electron chi connectivity index (χ0n) is 10.7. The normalized spacial score (nSPS) is 20.0. The highest BCUT2D eigenvalue weighted by Gasteiger charge is 2.23. The standard InChI is InChI=1S/C12H16Br2N2O2S2/c13-8-5-10(14)12(11(15)6-8)20(17,18)16-7-9-3-1-2-4-19-9/h5-6,9,16H,1-4,7,15H2. The van der Waals surface area contributed by atoms with Gasteiger partial charge in [-0.05, 0) is 46.7 Å². The highest BCUT2D eigenvalue weighted by Crippen LogP contribution is 2.32. The van der Waals surface area contributed by atoms with Crippen LogP contribution >= 0.6 is 43.6 Å². The maximum Gasteiger partial charge on any atom is 0.243 e. The van der Waals surface area contributed by atoms with Gasteiger partial charge >= 0.3 is 0 Å². The molecule has 1 aliphatic rings. The van der Waals surface area contributed by atoms with E-state index in [0.29, 0.717) is 16.3 Å². The van der Waals surface area contributed by atoms with Crippen LogP contribution < -0.4 is 10.5 Å². The molecule has 1 unspecified atom stereocenters. The fourth-order valence-electron chi connectivity index (χ4n) is 2.11. The van der Waals surface area contributed by atoms with Gasteiger partial charge in [0.1, 0.15) is 4.90 Å². The number of nitrogen functional groups attached to an aromatic ring is 1. The van der Waals surface area contributed by atoms with E-state index < -0.39 is 10.0 Å². The number of anilines is 1. The Hall–Kier alpha value is 0.240. The summed E-state index contributed by atoms with van der Waals surface area (Å²) in [6.07, 6.45) is 3.45. The molecule has 1 fully saturated rings. The van der Waals surface area contributed by atoms with Crippen LogP contribution in [-0.2, 0) is 10.0 Å². The number of thioether (sulfide) groups is 1. The number of nitrogens with one attached hydrogen (secondary N) is 1. The highest BCUT2D eigenvalue weighted by atomic mass is 79.9. The van der Waals surface area contributed by atoms with Crippen LogP contribution in [0.4, 0.5) is 5.69 Å². The Morgan fingerprint density at radius 2 is 2.10 bits per heavy atom. The predicted molar refractivity (Wildman–Crippen MR) is 91.5 cm³/mol. The topological polar surface area (TPSA) is 72.2 Å². The Bertz CT molecular complexity index is 564. The van der Waals surface area contributed by atoms with Gasteiger partial charge in [-0.2, -0.15) is 11.8 Å². The van der Waals surface area contributed by atoms with Gasteiger partial charge in [0, 0.05) is 20.7 Å². The molecule has 1 aromatic carbocycles. The van der Waals surface area contributed by atoms with Crippen molar-refractivity contribution in [1.82, 2.24) is 4.72 Å². The van der Waals surface area contributed by atoms with Crippen LogP contribution in [0.3, 0.4) is 0 Å². The van der Waals surface area contributed by atoms with E-state index >= 15 is 0 Å². The molecule has 0 aliphatic carbocycles. The van der Waals surface area contributed by atoms with Gasteiger partial charge in [-0.1, -0.05) is 22.4 Å². The minimum Gasteiger partial charge on any atom is -0.398 e. The Morgan fingerprint density at radius 1 is 1.35 bits per heavy atom. The number of benzene rings is 1. The summed E-state index contributed by atoms with van der Waals surface area (Å²) >= 11 is 8.38. The van der Waals surface area contributed by atoms with Gasteiger partial charge in [0.2, 0.25) is 10.0 Å². The van der Waals surface area contributed by atoms with Crippen LogP contribution in [0.2, 0.25) is 0 Å². The third kappa shape index (κ3) is 4.13. The van der Waals surface area contributed by atoms with Gasteiger partial charge in [0.25, 0.3) is 0 Å². The van der Waals surface area contributed by atoms with Crippen molar-refractivity contribution in [3.63, 3.8) is 0 Å². The fraction of sp³-hybridized carbons (Fsp3) is 0.500. The first kappa shape index (κ1) is 16.6. The SMILES string of the molecule is Nc1cc(Br)cc(Br)c1S(=O)(=O)NCC1CCCCS1. The molecule has 8 heteroatoms. The molecule has 4 nitrogen and oxygen atoms in total. The number of hydrogen-bond donors (Lipinski definition) is 2. The summed E-state index contributed by atoms with van der Waals surface area (Å²) in [5, 5.41) is 0.356. The number of nitrogens with two attached hydrogens (primary N) is 1. The predicted octanol–water partition coefficient (Wildman–Crippen LogP) is 3.36. The molecule has 0 saturated carbocycles. The van der Waals surface area contributed by atoms with E-state index in [-0.39, 0.29) is 10.6 Å². The van der Waals surface area contributed by atoms with Gasteiger partial charge in [0.05, 0.1) is 5.69 Å². The lowest BCUT2D eigenvalue weighted by Crippen LogP contribution is -2.32. The van der Waals surface area contributed by atoms with E-state index in [2.05, 4.69) is 36.6 Å². The summed E-state index contributed by atoms with van der Waals surface area (Å²) in [6.45, 7) is 0.453. The molecule has 3 N–H and O–H groups in total. The first-order chi connectivity index (χ1) is 9.40. The van der Waals surface area contributed by atoms with Crippen LogP contribution in [0, 0.1) is 0 Å². The van der Waals surface area contributed by atoms with Crippen molar-refractivity contribution < 1.29 is 8.42 Å². The van der Waals surface area contributed by atoms with Gasteiger partial charge < -0.3 is 5.73 Å². The number of halogens is 2. The van der Waals surface area contributed by atoms with Crippen molar-refractivity contribution in [2.24, 2.45) is 0 Å². The van der Waals surface area contributed by atoms with Crippen molar-refractivity contribution in [1.29, 1.82) is 0 Å². The second kappa shape index (κ2) is 7.00. The summed E-state index contributed by atoms with van der Waals surface area (Å²) in [5.74, 6) is 1.11. The monoisotopic (exact) mass is 442 g/mol. The molecule has 1 saturated heterocycles. The van der Waals surface area contributed by atoms with E-state index in [1.165, 1.54) is 12.8 Å². The van der Waals surface area contributed by atoms with Crippen LogP contribution in [0.15, 0.2) is 26.0 Å². The summed E-state index contributed by atoms with van der Waals surface area (Å²) < 4.78 is 28.6. The lowest BCUT2D eigenvalue weighted by Gasteiger charge is -2.21. The molecule has 0 amide bonds. The lowest BCUT2D eigenvalue weighted by atomic mass is 10.2. The first-order valence-corrected chi connectivity index (χ1v) is 10.4. The minimum atomic E-state index is -3.59. The minimum absolute atomic E-state index is 0.113. The summed E-state index contributed by atoms with van der Waals surface area (Å²) in [7, 11) is -3.59. The Balaban J connectivity index is 2.14. The molecular weight excluding hydrogens is 428 g/mol. The lowest BCUT2D eigenvalue weighted by molar-refractivity contribution is 0.573. The largest absolute Gasteiger partial charge is 0.398 e. The average Bonchev–Trinajstić information content (AvgIpc) is 2.36. The molecule has 1 atom stereocenters. The Morgan fingerprint density at radius 3 is 2.70 bits per heavy atom. The highest BCUT2D eigenvalue weighted by molar-refractivity contribution is 9.11. The zero-order valence-corrected chi connectivity index (χ0v) is 15.5. The second-order valence-electron chi connectivity index (χ2n) is 4.65. The van der Waals surface area contributed by atoms with Gasteiger partial charge in [-0.15, -0.1) is 0 Å². The molecule has 1 aliphatic heterocycles. The number of hydrogen-bond acceptors (Lipinski definition) is 4. The number of rotatable bonds is 4. The third-order valence-corrected chi connectivity index (χ3v) is 7.36. The summed E-state index contributed by atoms with van der Waals surface area (Å²) in [5.41, 5.74) is 6.06. The molecule has 2 rings (SSSR count). The van der Waals surface area contributed by atoms with E-state index in [1.54, 1.807) is 12.1 Å². The van der Waals surface area contributed by atoms with Crippen LogP contribution in [-0.4, -0.2) is 26.0 Å². The number of sulfonamides is 1. The zero-order chi connectivity index (χ0) is 14.8. The maximum atomic E-state index is 12.4. The maximum absolute atomic E-state index is 12.4. The second-order valence-corrected chi connectivity index (χ2v) is 9.53. The van der Waals surface area contributed by atoms with Gasteiger partial charge in [-0.3, -0.25) is 0 Å². The third-order valence-electron chi connectivity index (χ3n) is 3.08. The quantitative estimate of drug-likeness (QED) is 0.699. The molecule has 112 valence electrons. The van der Waals surface area contributed by atoms with Crippen molar-refractivity contribution in [2.45, 2.75) is 29.4 Å². The van der Waals surface area contributed by atoms with Crippen molar-refractivity contribution >= 4 is 59.3 Å². The summed E-state index contributed by atoms with van der Waals surface area (Å²) in [6, 6.07) is 3.27. The molecule has 1 heterocycles. The molecule has 0 bridgehead atoms. The molecule has 1 aromatic rings. The smallest absolute Gasteiger partial charge is 0.243 e. The van der Waals surface area contributed by atoms with Crippen LogP contribution in [0.25, 0.3) is 0 Å². The van der Waals surface area contributed by atoms with E-state index in [4.69, 9.17) is 5.73 Å². The van der Waals surface area contributed by atoms with Gasteiger partial charge in [0.15, 0.2) is 0 Å². The molecular formula is C12H16Br2N2O2S2. The van der Waals surface area contributed by atoms with E-state index in [9.17, 15) is 8.42 Å². The van der Waals surface area contributed by atoms with E-state index in [0.717, 1.165) is 16.6 Å².